The minimum Gasteiger partial charge on any atom is -0.326 e. The molecule has 0 atom stereocenters. The van der Waals surface area contributed by atoms with Gasteiger partial charge in [0, 0.05) is 17.3 Å². The van der Waals surface area contributed by atoms with Crippen molar-refractivity contribution >= 4 is 11.6 Å². The first kappa shape index (κ1) is 12.2. The maximum Gasteiger partial charge on any atom is 0.252 e. The van der Waals surface area contributed by atoms with Crippen molar-refractivity contribution < 1.29 is 0 Å². The molecule has 0 saturated carbocycles. The Bertz CT molecular complexity index is 751. The summed E-state index contributed by atoms with van der Waals surface area (Å²) in [6, 6.07) is 20.7. The largest absolute Gasteiger partial charge is 0.326 e. The molecule has 98 valence electrons. The van der Waals surface area contributed by atoms with Gasteiger partial charge in [-0.2, -0.15) is 0 Å². The lowest BCUT2D eigenvalue weighted by Gasteiger charge is -2.07. The quantitative estimate of drug-likeness (QED) is 0.763. The Morgan fingerprint density at radius 1 is 0.900 bits per heavy atom. The Balaban J connectivity index is 1.97. The lowest BCUT2D eigenvalue weighted by molar-refractivity contribution is 1.13. The number of anilines is 2. The van der Waals surface area contributed by atoms with Gasteiger partial charge in [0.1, 0.15) is 0 Å². The number of aromatic nitrogens is 2. The van der Waals surface area contributed by atoms with Gasteiger partial charge in [-0.3, -0.25) is 9.78 Å². The van der Waals surface area contributed by atoms with E-state index in [2.05, 4.69) is 15.3 Å². The van der Waals surface area contributed by atoms with Crippen molar-refractivity contribution in [1.82, 2.24) is 9.97 Å². The highest BCUT2D eigenvalue weighted by molar-refractivity contribution is 5.61. The number of nitrogens with zero attached hydrogens (tertiary/aromatic N) is 1. The number of nitrogens with one attached hydrogen (secondary N) is 2. The topological polar surface area (TPSA) is 57.8 Å². The predicted molar refractivity (Wildman–Crippen MR) is 80.0 cm³/mol. The fraction of sp³-hybridized carbons (Fsp3) is 0. The van der Waals surface area contributed by atoms with E-state index in [9.17, 15) is 4.79 Å². The van der Waals surface area contributed by atoms with Gasteiger partial charge < -0.3 is 5.32 Å². The van der Waals surface area contributed by atoms with Gasteiger partial charge in [0.15, 0.2) is 0 Å². The van der Waals surface area contributed by atoms with E-state index in [1.807, 2.05) is 60.7 Å². The molecule has 20 heavy (non-hydrogen) atoms. The number of para-hydroxylation sites is 1. The van der Waals surface area contributed by atoms with Crippen molar-refractivity contribution in [3.63, 3.8) is 0 Å². The van der Waals surface area contributed by atoms with Gasteiger partial charge in [-0.15, -0.1) is 0 Å². The molecule has 0 aliphatic rings. The minimum atomic E-state index is -0.183. The summed E-state index contributed by atoms with van der Waals surface area (Å²) in [6.45, 7) is 0. The summed E-state index contributed by atoms with van der Waals surface area (Å²) in [4.78, 5) is 18.9. The van der Waals surface area contributed by atoms with Crippen molar-refractivity contribution in [3.05, 3.63) is 77.1 Å². The molecular weight excluding hydrogens is 250 g/mol. The molecule has 0 aliphatic carbocycles. The third kappa shape index (κ3) is 2.75. The van der Waals surface area contributed by atoms with Crippen LogP contribution >= 0.6 is 0 Å². The number of rotatable bonds is 3. The normalized spacial score (nSPS) is 10.2. The van der Waals surface area contributed by atoms with Gasteiger partial charge in [0.2, 0.25) is 5.95 Å². The minimum absolute atomic E-state index is 0.183. The van der Waals surface area contributed by atoms with Gasteiger partial charge in [-0.05, 0) is 12.1 Å². The van der Waals surface area contributed by atoms with Gasteiger partial charge in [0.05, 0.1) is 5.69 Å². The van der Waals surface area contributed by atoms with Crippen molar-refractivity contribution in [2.45, 2.75) is 0 Å². The predicted octanol–water partition coefficient (Wildman–Crippen LogP) is 3.18. The monoisotopic (exact) mass is 263 g/mol. The van der Waals surface area contributed by atoms with Crippen molar-refractivity contribution in [1.29, 1.82) is 0 Å². The summed E-state index contributed by atoms with van der Waals surface area (Å²) in [5.74, 6) is 0.433. The van der Waals surface area contributed by atoms with E-state index in [-0.39, 0.29) is 5.56 Å². The Kier molecular flexibility index (Phi) is 3.29. The summed E-state index contributed by atoms with van der Waals surface area (Å²) in [5, 5.41) is 3.09. The second kappa shape index (κ2) is 5.40. The van der Waals surface area contributed by atoms with Crippen LogP contribution in [0.4, 0.5) is 11.6 Å². The second-order valence-corrected chi connectivity index (χ2v) is 4.34. The van der Waals surface area contributed by atoms with E-state index < -0.39 is 0 Å². The molecule has 0 bridgehead atoms. The van der Waals surface area contributed by atoms with Crippen molar-refractivity contribution in [3.8, 4) is 11.3 Å². The molecule has 0 aliphatic heterocycles. The van der Waals surface area contributed by atoms with Crippen LogP contribution in [0.5, 0.6) is 0 Å². The van der Waals surface area contributed by atoms with E-state index in [4.69, 9.17) is 0 Å². The molecule has 0 radical (unpaired) electrons. The summed E-state index contributed by atoms with van der Waals surface area (Å²) >= 11 is 0. The first-order valence-corrected chi connectivity index (χ1v) is 6.30. The summed E-state index contributed by atoms with van der Waals surface area (Å²) in [6.07, 6.45) is 0. The zero-order valence-corrected chi connectivity index (χ0v) is 10.7. The van der Waals surface area contributed by atoms with Crippen LogP contribution in [0.15, 0.2) is 71.5 Å². The van der Waals surface area contributed by atoms with E-state index in [0.717, 1.165) is 11.3 Å². The van der Waals surface area contributed by atoms with Gasteiger partial charge in [-0.25, -0.2) is 4.98 Å². The first-order valence-electron chi connectivity index (χ1n) is 6.30. The number of hydrogen-bond acceptors (Lipinski definition) is 3. The van der Waals surface area contributed by atoms with Crippen LogP contribution in [0.3, 0.4) is 0 Å². The van der Waals surface area contributed by atoms with Crippen LogP contribution in [-0.2, 0) is 0 Å². The highest BCUT2D eigenvalue weighted by Gasteiger charge is 2.03. The van der Waals surface area contributed by atoms with Gasteiger partial charge in [-0.1, -0.05) is 48.5 Å². The second-order valence-electron chi connectivity index (χ2n) is 4.34. The molecule has 1 aromatic heterocycles. The molecule has 3 rings (SSSR count). The summed E-state index contributed by atoms with van der Waals surface area (Å²) in [7, 11) is 0. The zero-order valence-electron chi connectivity index (χ0n) is 10.7. The lowest BCUT2D eigenvalue weighted by Crippen LogP contribution is -2.10. The molecule has 0 amide bonds. The fourth-order valence-corrected chi connectivity index (χ4v) is 1.93. The van der Waals surface area contributed by atoms with E-state index in [1.54, 1.807) is 0 Å². The first-order chi connectivity index (χ1) is 9.81. The van der Waals surface area contributed by atoms with Crippen LogP contribution < -0.4 is 10.9 Å². The molecule has 2 aromatic carbocycles. The third-order valence-corrected chi connectivity index (χ3v) is 2.85. The van der Waals surface area contributed by atoms with Crippen LogP contribution in [-0.4, -0.2) is 9.97 Å². The van der Waals surface area contributed by atoms with E-state index in [0.29, 0.717) is 11.6 Å². The molecule has 1 heterocycles. The Morgan fingerprint density at radius 2 is 1.55 bits per heavy atom. The molecule has 0 saturated heterocycles. The SMILES string of the molecule is O=c1cc(-c2ccccc2)nc(Nc2ccccc2)[nH]1. The van der Waals surface area contributed by atoms with Gasteiger partial charge in [0.25, 0.3) is 5.56 Å². The van der Waals surface area contributed by atoms with E-state index >= 15 is 0 Å². The smallest absolute Gasteiger partial charge is 0.252 e. The summed E-state index contributed by atoms with van der Waals surface area (Å²) < 4.78 is 0. The molecule has 0 spiro atoms. The fourth-order valence-electron chi connectivity index (χ4n) is 1.93. The number of hydrogen-bond donors (Lipinski definition) is 2. The van der Waals surface area contributed by atoms with Crippen LogP contribution in [0.2, 0.25) is 0 Å². The standard InChI is InChI=1S/C16H13N3O/c20-15-11-14(12-7-3-1-4-8-12)18-16(19-15)17-13-9-5-2-6-10-13/h1-11H,(H2,17,18,19,20). The maximum atomic E-state index is 11.7. The van der Waals surface area contributed by atoms with Gasteiger partial charge >= 0.3 is 0 Å². The number of benzene rings is 2. The van der Waals surface area contributed by atoms with E-state index in [1.165, 1.54) is 6.07 Å². The maximum absolute atomic E-state index is 11.7. The lowest BCUT2D eigenvalue weighted by atomic mass is 10.1. The number of aromatic amines is 1. The highest BCUT2D eigenvalue weighted by atomic mass is 16.1. The Labute approximate surface area is 116 Å². The number of H-pyrrole nitrogens is 1. The molecule has 2 N–H and O–H groups in total. The van der Waals surface area contributed by atoms with Crippen LogP contribution in [0.1, 0.15) is 0 Å². The average Bonchev–Trinajstić information content (AvgIpc) is 2.49. The zero-order chi connectivity index (χ0) is 13.8. The average molecular weight is 263 g/mol. The Morgan fingerprint density at radius 3 is 2.25 bits per heavy atom. The molecule has 0 unspecified atom stereocenters. The molecular formula is C16H13N3O. The Hall–Kier alpha value is -2.88. The summed E-state index contributed by atoms with van der Waals surface area (Å²) in [5.41, 5.74) is 2.25. The van der Waals surface area contributed by atoms with Crippen molar-refractivity contribution in [2.24, 2.45) is 0 Å². The third-order valence-electron chi connectivity index (χ3n) is 2.85. The molecule has 3 aromatic rings. The van der Waals surface area contributed by atoms with Crippen molar-refractivity contribution in [2.75, 3.05) is 5.32 Å². The molecule has 4 nitrogen and oxygen atoms in total. The molecule has 0 fully saturated rings. The van der Waals surface area contributed by atoms with Crippen LogP contribution in [0.25, 0.3) is 11.3 Å². The van der Waals surface area contributed by atoms with Crippen LogP contribution in [0, 0.1) is 0 Å². The highest BCUT2D eigenvalue weighted by Crippen LogP contribution is 2.17. The molecule has 4 heteroatoms.